The van der Waals surface area contributed by atoms with Gasteiger partial charge in [-0.25, -0.2) is 0 Å². The molecule has 0 saturated carbocycles. The number of aliphatic hydroxyl groups excluding tert-OH is 1. The molecular formula is C15H23NO3. The lowest BCUT2D eigenvalue weighted by Crippen LogP contribution is -2.31. The molecule has 0 aliphatic carbocycles. The summed E-state index contributed by atoms with van der Waals surface area (Å²) in [5.74, 6) is 0.608. The third-order valence-electron chi connectivity index (χ3n) is 2.84. The molecule has 0 bridgehead atoms. The van der Waals surface area contributed by atoms with Gasteiger partial charge in [0.05, 0.1) is 6.10 Å². The standard InChI is InChI=1S/C15H23NO3/c1-10-7-11(2)15(12(3)8-10)19-9-14(18)16-6-5-13(4)17/h7-8,13,17H,5-6,9H2,1-4H3,(H,16,18). The van der Waals surface area contributed by atoms with Gasteiger partial charge in [-0.05, 0) is 45.2 Å². The first-order valence-electron chi connectivity index (χ1n) is 6.55. The highest BCUT2D eigenvalue weighted by Crippen LogP contribution is 2.24. The van der Waals surface area contributed by atoms with Gasteiger partial charge in [-0.15, -0.1) is 0 Å². The third kappa shape index (κ3) is 5.30. The molecule has 1 amide bonds. The van der Waals surface area contributed by atoms with Crippen molar-refractivity contribution in [3.05, 3.63) is 28.8 Å². The Morgan fingerprint density at radius 2 is 1.89 bits per heavy atom. The second-order valence-corrected chi connectivity index (χ2v) is 5.00. The molecule has 19 heavy (non-hydrogen) atoms. The van der Waals surface area contributed by atoms with Crippen LogP contribution in [0.2, 0.25) is 0 Å². The van der Waals surface area contributed by atoms with Crippen LogP contribution in [0.4, 0.5) is 0 Å². The van der Waals surface area contributed by atoms with Crippen LogP contribution in [-0.4, -0.2) is 30.3 Å². The summed E-state index contributed by atoms with van der Waals surface area (Å²) in [7, 11) is 0. The highest BCUT2D eigenvalue weighted by atomic mass is 16.5. The van der Waals surface area contributed by atoms with Crippen molar-refractivity contribution in [2.45, 2.75) is 40.2 Å². The molecule has 0 heterocycles. The average molecular weight is 265 g/mol. The lowest BCUT2D eigenvalue weighted by molar-refractivity contribution is -0.123. The fourth-order valence-electron chi connectivity index (χ4n) is 2.00. The summed E-state index contributed by atoms with van der Waals surface area (Å²) in [6, 6.07) is 4.07. The lowest BCUT2D eigenvalue weighted by Gasteiger charge is -2.13. The van der Waals surface area contributed by atoms with Gasteiger partial charge < -0.3 is 15.2 Å². The molecule has 0 aliphatic heterocycles. The Morgan fingerprint density at radius 3 is 2.42 bits per heavy atom. The number of rotatable bonds is 6. The molecule has 0 saturated heterocycles. The Kier molecular flexibility index (Phi) is 5.83. The van der Waals surface area contributed by atoms with E-state index in [0.717, 1.165) is 16.9 Å². The minimum atomic E-state index is -0.400. The Labute approximate surface area is 114 Å². The Morgan fingerprint density at radius 1 is 1.32 bits per heavy atom. The predicted molar refractivity (Wildman–Crippen MR) is 75.5 cm³/mol. The fourth-order valence-corrected chi connectivity index (χ4v) is 2.00. The largest absolute Gasteiger partial charge is 0.483 e. The van der Waals surface area contributed by atoms with E-state index in [1.807, 2.05) is 32.9 Å². The maximum absolute atomic E-state index is 11.6. The number of hydrogen-bond donors (Lipinski definition) is 2. The van der Waals surface area contributed by atoms with Crippen molar-refractivity contribution < 1.29 is 14.6 Å². The van der Waals surface area contributed by atoms with Gasteiger partial charge in [-0.2, -0.15) is 0 Å². The zero-order valence-electron chi connectivity index (χ0n) is 12.1. The number of benzene rings is 1. The van der Waals surface area contributed by atoms with Crippen molar-refractivity contribution >= 4 is 5.91 Å². The number of nitrogens with one attached hydrogen (secondary N) is 1. The van der Waals surface area contributed by atoms with Crippen molar-refractivity contribution in [2.75, 3.05) is 13.2 Å². The molecule has 1 aromatic rings. The van der Waals surface area contributed by atoms with Crippen LogP contribution in [0.3, 0.4) is 0 Å². The summed E-state index contributed by atoms with van der Waals surface area (Å²) in [6.45, 7) is 8.14. The molecule has 0 fully saturated rings. The third-order valence-corrected chi connectivity index (χ3v) is 2.84. The minimum Gasteiger partial charge on any atom is -0.483 e. The van der Waals surface area contributed by atoms with E-state index in [2.05, 4.69) is 5.32 Å². The van der Waals surface area contributed by atoms with Crippen molar-refractivity contribution in [1.82, 2.24) is 5.32 Å². The summed E-state index contributed by atoms with van der Waals surface area (Å²) in [6.07, 6.45) is 0.150. The second kappa shape index (κ2) is 7.14. The molecular weight excluding hydrogens is 242 g/mol. The van der Waals surface area contributed by atoms with E-state index >= 15 is 0 Å². The lowest BCUT2D eigenvalue weighted by atomic mass is 10.1. The first kappa shape index (κ1) is 15.5. The highest BCUT2D eigenvalue weighted by Gasteiger charge is 2.08. The summed E-state index contributed by atoms with van der Waals surface area (Å²) >= 11 is 0. The van der Waals surface area contributed by atoms with Crippen molar-refractivity contribution in [3.8, 4) is 5.75 Å². The Balaban J connectivity index is 2.46. The molecule has 1 rings (SSSR count). The summed E-state index contributed by atoms with van der Waals surface area (Å²) in [5, 5.41) is 11.8. The van der Waals surface area contributed by atoms with Gasteiger partial charge in [0.1, 0.15) is 5.75 Å². The van der Waals surface area contributed by atoms with E-state index in [0.29, 0.717) is 13.0 Å². The summed E-state index contributed by atoms with van der Waals surface area (Å²) in [5.41, 5.74) is 3.26. The number of carbonyl (C=O) groups is 1. The van der Waals surface area contributed by atoms with Gasteiger partial charge in [-0.3, -0.25) is 4.79 Å². The maximum atomic E-state index is 11.6. The van der Waals surface area contributed by atoms with Gasteiger partial charge in [0.2, 0.25) is 0 Å². The maximum Gasteiger partial charge on any atom is 0.257 e. The molecule has 1 aromatic carbocycles. The molecule has 4 heteroatoms. The first-order valence-corrected chi connectivity index (χ1v) is 6.55. The molecule has 0 aliphatic rings. The zero-order chi connectivity index (χ0) is 14.4. The monoisotopic (exact) mass is 265 g/mol. The molecule has 106 valence electrons. The van der Waals surface area contributed by atoms with Crippen molar-refractivity contribution in [1.29, 1.82) is 0 Å². The molecule has 4 nitrogen and oxygen atoms in total. The highest BCUT2D eigenvalue weighted by molar-refractivity contribution is 5.77. The quantitative estimate of drug-likeness (QED) is 0.825. The van der Waals surface area contributed by atoms with Gasteiger partial charge >= 0.3 is 0 Å². The SMILES string of the molecule is Cc1cc(C)c(OCC(=O)NCCC(C)O)c(C)c1. The number of carbonyl (C=O) groups excluding carboxylic acids is 1. The number of aryl methyl sites for hydroxylation is 3. The zero-order valence-corrected chi connectivity index (χ0v) is 12.1. The second-order valence-electron chi connectivity index (χ2n) is 5.00. The van der Waals surface area contributed by atoms with Crippen LogP contribution >= 0.6 is 0 Å². The minimum absolute atomic E-state index is 0.00451. The fraction of sp³-hybridized carbons (Fsp3) is 0.533. The van der Waals surface area contributed by atoms with E-state index in [1.165, 1.54) is 5.56 Å². The van der Waals surface area contributed by atoms with Crippen molar-refractivity contribution in [3.63, 3.8) is 0 Å². The van der Waals surface area contributed by atoms with Gasteiger partial charge in [0.25, 0.3) is 5.91 Å². The van der Waals surface area contributed by atoms with Crippen LogP contribution in [0.5, 0.6) is 5.75 Å². The van der Waals surface area contributed by atoms with E-state index in [4.69, 9.17) is 9.84 Å². The van der Waals surface area contributed by atoms with Crippen LogP contribution in [0.1, 0.15) is 30.0 Å². The van der Waals surface area contributed by atoms with Gasteiger partial charge in [-0.1, -0.05) is 17.7 Å². The van der Waals surface area contributed by atoms with Crippen LogP contribution in [0, 0.1) is 20.8 Å². The molecule has 2 N–H and O–H groups in total. The van der Waals surface area contributed by atoms with Gasteiger partial charge in [0, 0.05) is 6.54 Å². The summed E-state index contributed by atoms with van der Waals surface area (Å²) in [4.78, 5) is 11.6. The molecule has 1 atom stereocenters. The average Bonchev–Trinajstić information content (AvgIpc) is 2.26. The van der Waals surface area contributed by atoms with Crippen LogP contribution in [0.15, 0.2) is 12.1 Å². The number of aliphatic hydroxyl groups is 1. The topological polar surface area (TPSA) is 58.6 Å². The molecule has 0 spiro atoms. The predicted octanol–water partition coefficient (Wildman–Crippen LogP) is 1.88. The van der Waals surface area contributed by atoms with E-state index in [-0.39, 0.29) is 12.5 Å². The van der Waals surface area contributed by atoms with Gasteiger partial charge in [0.15, 0.2) is 6.61 Å². The smallest absolute Gasteiger partial charge is 0.257 e. The number of amides is 1. The summed E-state index contributed by atoms with van der Waals surface area (Å²) < 4.78 is 5.57. The normalized spacial score (nSPS) is 12.1. The molecule has 1 unspecified atom stereocenters. The van der Waals surface area contributed by atoms with Crippen LogP contribution in [-0.2, 0) is 4.79 Å². The number of hydrogen-bond acceptors (Lipinski definition) is 3. The van der Waals surface area contributed by atoms with Crippen LogP contribution < -0.4 is 10.1 Å². The van der Waals surface area contributed by atoms with Crippen molar-refractivity contribution in [2.24, 2.45) is 0 Å². The van der Waals surface area contributed by atoms with E-state index < -0.39 is 6.10 Å². The molecule has 0 radical (unpaired) electrons. The Bertz CT molecular complexity index is 418. The van der Waals surface area contributed by atoms with E-state index in [9.17, 15) is 4.79 Å². The van der Waals surface area contributed by atoms with Crippen LogP contribution in [0.25, 0.3) is 0 Å². The van der Waals surface area contributed by atoms with E-state index in [1.54, 1.807) is 6.92 Å². The first-order chi connectivity index (χ1) is 8.90. The molecule has 0 aromatic heterocycles. The number of ether oxygens (including phenoxy) is 1. The Hall–Kier alpha value is -1.55.